The van der Waals surface area contributed by atoms with E-state index in [2.05, 4.69) is 33.4 Å². The molecular formula is C31H36N6O3. The topological polar surface area (TPSA) is 97.4 Å². The van der Waals surface area contributed by atoms with Gasteiger partial charge in [0.25, 0.3) is 11.6 Å². The fourth-order valence-corrected chi connectivity index (χ4v) is 5.72. The number of aryl methyl sites for hydroxylation is 1. The molecule has 0 saturated heterocycles. The zero-order chi connectivity index (χ0) is 27.6. The van der Waals surface area contributed by atoms with E-state index in [1.807, 2.05) is 39.7 Å². The molecule has 4 aromatic rings. The molecule has 1 aliphatic heterocycles. The number of hydrogen-bond acceptors (Lipinski definition) is 6. The van der Waals surface area contributed by atoms with E-state index in [0.29, 0.717) is 54.5 Å². The number of benzene rings is 1. The number of pyridine rings is 1. The van der Waals surface area contributed by atoms with Gasteiger partial charge in [-0.2, -0.15) is 5.10 Å². The van der Waals surface area contributed by atoms with Crippen molar-refractivity contribution in [2.75, 3.05) is 18.0 Å². The second-order valence-electron chi connectivity index (χ2n) is 11.1. The van der Waals surface area contributed by atoms with Crippen molar-refractivity contribution in [3.05, 3.63) is 70.8 Å². The van der Waals surface area contributed by atoms with E-state index >= 15 is 0 Å². The van der Waals surface area contributed by atoms with Crippen LogP contribution in [0.15, 0.2) is 47.2 Å². The molecule has 1 aromatic carbocycles. The Morgan fingerprint density at radius 2 is 1.85 bits per heavy atom. The summed E-state index contributed by atoms with van der Waals surface area (Å²) in [4.78, 5) is 35.7. The monoisotopic (exact) mass is 540 g/mol. The molecule has 0 bridgehead atoms. The number of anilines is 1. The van der Waals surface area contributed by atoms with Crippen LogP contribution in [0.2, 0.25) is 0 Å². The number of rotatable bonds is 4. The van der Waals surface area contributed by atoms with Gasteiger partial charge in [-0.25, -0.2) is 4.98 Å². The lowest BCUT2D eigenvalue weighted by atomic mass is 10.0. The first-order chi connectivity index (χ1) is 19.5. The Balaban J connectivity index is 1.40. The van der Waals surface area contributed by atoms with Crippen LogP contribution >= 0.6 is 0 Å². The third-order valence-corrected chi connectivity index (χ3v) is 8.05. The average Bonchev–Trinajstić information content (AvgIpc) is 3.55. The Kier molecular flexibility index (Phi) is 7.36. The lowest BCUT2D eigenvalue weighted by Crippen LogP contribution is -2.35. The highest BCUT2D eigenvalue weighted by Gasteiger charge is 2.30. The van der Waals surface area contributed by atoms with Crippen LogP contribution in [-0.4, -0.2) is 49.7 Å². The van der Waals surface area contributed by atoms with Crippen LogP contribution in [0.4, 0.5) is 5.69 Å². The minimum Gasteiger partial charge on any atom is -0.336 e. The maximum Gasteiger partial charge on any atom is 0.259 e. The van der Waals surface area contributed by atoms with Crippen molar-refractivity contribution in [3.63, 3.8) is 0 Å². The van der Waals surface area contributed by atoms with Gasteiger partial charge in [0, 0.05) is 56.3 Å². The SMILES string of the molecule is CC(=O)N1CCCCCCCN(C(=O)c2cc(C3CC3)nc3onc(C)c23)Cc2ccc(Cn3cccn3)cc21. The quantitative estimate of drug-likeness (QED) is 0.334. The predicted molar refractivity (Wildman–Crippen MR) is 152 cm³/mol. The van der Waals surface area contributed by atoms with Crippen LogP contribution in [0.1, 0.15) is 90.7 Å². The molecule has 0 radical (unpaired) electrons. The predicted octanol–water partition coefficient (Wildman–Crippen LogP) is 5.61. The Hall–Kier alpha value is -4.01. The van der Waals surface area contributed by atoms with Crippen LogP contribution < -0.4 is 4.90 Å². The fraction of sp³-hybridized carbons (Fsp3) is 0.452. The zero-order valence-corrected chi connectivity index (χ0v) is 23.3. The minimum absolute atomic E-state index is 0.0115. The Labute approximate surface area is 234 Å². The van der Waals surface area contributed by atoms with Gasteiger partial charge >= 0.3 is 0 Å². The summed E-state index contributed by atoms with van der Waals surface area (Å²) in [5, 5.41) is 9.18. The number of amides is 2. The third kappa shape index (κ3) is 5.50. The average molecular weight is 541 g/mol. The molecule has 0 spiro atoms. The van der Waals surface area contributed by atoms with Crippen molar-refractivity contribution < 1.29 is 14.1 Å². The summed E-state index contributed by atoms with van der Waals surface area (Å²) in [6.45, 7) is 5.81. The van der Waals surface area contributed by atoms with Crippen LogP contribution in [0.5, 0.6) is 0 Å². The second kappa shape index (κ2) is 11.2. The normalized spacial score (nSPS) is 16.9. The molecule has 4 heterocycles. The highest BCUT2D eigenvalue weighted by atomic mass is 16.5. The van der Waals surface area contributed by atoms with E-state index in [1.165, 1.54) is 0 Å². The first-order valence-corrected chi connectivity index (χ1v) is 14.4. The van der Waals surface area contributed by atoms with Gasteiger partial charge in [-0.05, 0) is 61.9 Å². The van der Waals surface area contributed by atoms with Gasteiger partial charge in [0.15, 0.2) is 0 Å². The van der Waals surface area contributed by atoms with E-state index in [9.17, 15) is 9.59 Å². The lowest BCUT2D eigenvalue weighted by molar-refractivity contribution is -0.116. The molecule has 208 valence electrons. The molecule has 40 heavy (non-hydrogen) atoms. The van der Waals surface area contributed by atoms with Crippen LogP contribution in [0.3, 0.4) is 0 Å². The molecule has 9 heteroatoms. The molecule has 1 aliphatic carbocycles. The first-order valence-electron chi connectivity index (χ1n) is 14.4. The molecule has 2 amide bonds. The molecule has 0 unspecified atom stereocenters. The van der Waals surface area contributed by atoms with Gasteiger partial charge in [0.2, 0.25) is 5.91 Å². The van der Waals surface area contributed by atoms with Gasteiger partial charge < -0.3 is 14.3 Å². The zero-order valence-electron chi connectivity index (χ0n) is 23.3. The Morgan fingerprint density at radius 1 is 1.05 bits per heavy atom. The molecule has 1 fully saturated rings. The van der Waals surface area contributed by atoms with E-state index in [4.69, 9.17) is 4.52 Å². The highest BCUT2D eigenvalue weighted by Crippen LogP contribution is 2.41. The lowest BCUT2D eigenvalue weighted by Gasteiger charge is -2.29. The number of nitrogens with zero attached hydrogens (tertiary/aromatic N) is 6. The van der Waals surface area contributed by atoms with E-state index in [-0.39, 0.29) is 11.8 Å². The van der Waals surface area contributed by atoms with Crippen molar-refractivity contribution in [2.24, 2.45) is 0 Å². The van der Waals surface area contributed by atoms with Crippen LogP contribution in [0, 0.1) is 6.92 Å². The molecule has 0 N–H and O–H groups in total. The summed E-state index contributed by atoms with van der Waals surface area (Å²) in [5.74, 6) is 0.349. The highest BCUT2D eigenvalue weighted by molar-refractivity contribution is 6.06. The van der Waals surface area contributed by atoms with Crippen molar-refractivity contribution in [1.29, 1.82) is 0 Å². The van der Waals surface area contributed by atoms with Gasteiger partial charge in [-0.1, -0.05) is 36.6 Å². The minimum atomic E-state index is -0.0430. The first kappa shape index (κ1) is 26.2. The number of carbonyl (C=O) groups is 2. The van der Waals surface area contributed by atoms with Gasteiger partial charge in [-0.3, -0.25) is 14.3 Å². The van der Waals surface area contributed by atoms with Gasteiger partial charge in [0.1, 0.15) is 0 Å². The Morgan fingerprint density at radius 3 is 2.60 bits per heavy atom. The largest absolute Gasteiger partial charge is 0.336 e. The van der Waals surface area contributed by atoms with Crippen molar-refractivity contribution in [3.8, 4) is 0 Å². The van der Waals surface area contributed by atoms with E-state index in [0.717, 1.165) is 67.5 Å². The number of hydrogen-bond donors (Lipinski definition) is 0. The van der Waals surface area contributed by atoms with Crippen LogP contribution in [0.25, 0.3) is 11.1 Å². The van der Waals surface area contributed by atoms with E-state index in [1.54, 1.807) is 13.1 Å². The molecule has 9 nitrogen and oxygen atoms in total. The standard InChI is InChI=1S/C31H36N6O3/c1-21-29-26(18-27(24-11-12-24)33-30(29)40-34-21)31(39)35-14-6-4-3-5-7-16-37(22(2)38)28-17-23(9-10-25(28)20-35)19-36-15-8-13-32-36/h8-10,13,15,17-18,24H,3-7,11-12,14,16,19-20H2,1-2H3. The van der Waals surface area contributed by atoms with Gasteiger partial charge in [0.05, 0.1) is 23.2 Å². The molecule has 2 aliphatic rings. The molecule has 6 rings (SSSR count). The third-order valence-electron chi connectivity index (χ3n) is 8.05. The van der Waals surface area contributed by atoms with Crippen molar-refractivity contribution >= 4 is 28.6 Å². The summed E-state index contributed by atoms with van der Waals surface area (Å²) in [6, 6.07) is 10.1. The summed E-state index contributed by atoms with van der Waals surface area (Å²) >= 11 is 0. The van der Waals surface area contributed by atoms with Crippen LogP contribution in [-0.2, 0) is 17.9 Å². The number of fused-ring (bicyclic) bond motifs is 2. The van der Waals surface area contributed by atoms with Crippen molar-refractivity contribution in [1.82, 2.24) is 24.8 Å². The summed E-state index contributed by atoms with van der Waals surface area (Å²) in [7, 11) is 0. The summed E-state index contributed by atoms with van der Waals surface area (Å²) in [6.07, 6.45) is 10.9. The summed E-state index contributed by atoms with van der Waals surface area (Å²) < 4.78 is 7.40. The molecule has 0 atom stereocenters. The van der Waals surface area contributed by atoms with Gasteiger partial charge in [-0.15, -0.1) is 0 Å². The van der Waals surface area contributed by atoms with E-state index < -0.39 is 0 Å². The fourth-order valence-electron chi connectivity index (χ4n) is 5.72. The second-order valence-corrected chi connectivity index (χ2v) is 11.1. The summed E-state index contributed by atoms with van der Waals surface area (Å²) in [5.41, 5.74) is 5.52. The Bertz CT molecular complexity index is 1520. The smallest absolute Gasteiger partial charge is 0.259 e. The molecule has 3 aromatic heterocycles. The number of carbonyl (C=O) groups excluding carboxylic acids is 2. The molecule has 1 saturated carbocycles. The molecular weight excluding hydrogens is 504 g/mol. The van der Waals surface area contributed by atoms with Crippen molar-refractivity contribution in [2.45, 2.75) is 77.8 Å². The maximum absolute atomic E-state index is 14.3. The number of aromatic nitrogens is 4. The maximum atomic E-state index is 14.3.